The zero-order valence-corrected chi connectivity index (χ0v) is 12.6. The first-order valence-corrected chi connectivity index (χ1v) is 7.59. The molecule has 0 bridgehead atoms. The molecule has 0 aliphatic carbocycles. The Morgan fingerprint density at radius 2 is 1.90 bits per heavy atom. The second-order valence-corrected chi connectivity index (χ2v) is 6.01. The summed E-state index contributed by atoms with van der Waals surface area (Å²) < 4.78 is 14.0. The van der Waals surface area contributed by atoms with Gasteiger partial charge in [0.05, 0.1) is 5.69 Å². The van der Waals surface area contributed by atoms with Gasteiger partial charge in [0.15, 0.2) is 0 Å². The fraction of sp³-hybridized carbons (Fsp3) is 0.0625. The van der Waals surface area contributed by atoms with Gasteiger partial charge in [-0.25, -0.2) is 9.37 Å². The summed E-state index contributed by atoms with van der Waals surface area (Å²) in [6.07, 6.45) is 0. The molecule has 0 amide bonds. The lowest BCUT2D eigenvalue weighted by atomic mass is 10.1. The van der Waals surface area contributed by atoms with Crippen molar-refractivity contribution in [2.75, 3.05) is 0 Å². The third-order valence-corrected chi connectivity index (χ3v) is 4.44. The Bertz CT molecular complexity index is 771. The van der Waals surface area contributed by atoms with Gasteiger partial charge in [0, 0.05) is 27.6 Å². The molecule has 2 N–H and O–H groups in total. The van der Waals surface area contributed by atoms with Crippen molar-refractivity contribution in [3.05, 3.63) is 64.2 Å². The van der Waals surface area contributed by atoms with Crippen LogP contribution in [0, 0.1) is 5.82 Å². The predicted octanol–water partition coefficient (Wildman–Crippen LogP) is 4.73. The highest BCUT2D eigenvalue weighted by molar-refractivity contribution is 7.15. The number of hydrogen-bond donors (Lipinski definition) is 1. The van der Waals surface area contributed by atoms with Crippen LogP contribution in [-0.2, 0) is 6.54 Å². The van der Waals surface area contributed by atoms with Crippen molar-refractivity contribution in [1.29, 1.82) is 0 Å². The summed E-state index contributed by atoms with van der Waals surface area (Å²) in [5.41, 5.74) is 8.04. The smallest absolute Gasteiger partial charge is 0.134 e. The van der Waals surface area contributed by atoms with Crippen LogP contribution in [0.4, 0.5) is 4.39 Å². The van der Waals surface area contributed by atoms with E-state index in [4.69, 9.17) is 17.3 Å². The van der Waals surface area contributed by atoms with E-state index in [2.05, 4.69) is 4.98 Å². The van der Waals surface area contributed by atoms with Crippen LogP contribution in [0.1, 0.15) is 4.88 Å². The number of nitrogens with two attached hydrogens (primary N) is 1. The van der Waals surface area contributed by atoms with Crippen molar-refractivity contribution >= 4 is 22.9 Å². The van der Waals surface area contributed by atoms with Gasteiger partial charge in [0.1, 0.15) is 10.8 Å². The van der Waals surface area contributed by atoms with Gasteiger partial charge in [-0.05, 0) is 18.2 Å². The molecule has 2 aromatic carbocycles. The number of rotatable bonds is 3. The van der Waals surface area contributed by atoms with Gasteiger partial charge in [-0.1, -0.05) is 41.9 Å². The molecule has 0 aliphatic rings. The maximum Gasteiger partial charge on any atom is 0.134 e. The van der Waals surface area contributed by atoms with E-state index in [0.29, 0.717) is 22.1 Å². The lowest BCUT2D eigenvalue weighted by Gasteiger charge is -1.99. The maximum absolute atomic E-state index is 14.0. The Kier molecular flexibility index (Phi) is 4.01. The molecular formula is C16H12ClFN2S. The fourth-order valence-corrected chi connectivity index (χ4v) is 3.24. The van der Waals surface area contributed by atoms with Crippen LogP contribution in [0.5, 0.6) is 0 Å². The third kappa shape index (κ3) is 2.83. The summed E-state index contributed by atoms with van der Waals surface area (Å²) in [6, 6.07) is 14.4. The maximum atomic E-state index is 14.0. The first-order valence-electron chi connectivity index (χ1n) is 6.39. The molecule has 0 radical (unpaired) electrons. The minimum absolute atomic E-state index is 0.370. The number of benzene rings is 2. The van der Waals surface area contributed by atoms with Gasteiger partial charge in [0.25, 0.3) is 0 Å². The molecule has 0 atom stereocenters. The minimum Gasteiger partial charge on any atom is -0.326 e. The molecule has 0 aliphatic heterocycles. The van der Waals surface area contributed by atoms with Crippen LogP contribution in [0.3, 0.4) is 0 Å². The summed E-state index contributed by atoms with van der Waals surface area (Å²) in [5.74, 6) is -0.376. The van der Waals surface area contributed by atoms with Gasteiger partial charge >= 0.3 is 0 Å². The van der Waals surface area contributed by atoms with Gasteiger partial charge in [0.2, 0.25) is 0 Å². The Hall–Kier alpha value is -1.75. The van der Waals surface area contributed by atoms with Crippen LogP contribution in [0.25, 0.3) is 21.8 Å². The van der Waals surface area contributed by atoms with E-state index in [9.17, 15) is 4.39 Å². The molecule has 1 heterocycles. The monoisotopic (exact) mass is 318 g/mol. The van der Waals surface area contributed by atoms with E-state index in [0.717, 1.165) is 16.1 Å². The van der Waals surface area contributed by atoms with Crippen LogP contribution in [0.15, 0.2) is 48.5 Å². The van der Waals surface area contributed by atoms with Crippen molar-refractivity contribution in [3.63, 3.8) is 0 Å². The number of aromatic nitrogens is 1. The van der Waals surface area contributed by atoms with Crippen molar-refractivity contribution in [2.45, 2.75) is 6.54 Å². The lowest BCUT2D eigenvalue weighted by Crippen LogP contribution is -1.95. The van der Waals surface area contributed by atoms with Crippen molar-refractivity contribution in [3.8, 4) is 21.8 Å². The average molecular weight is 319 g/mol. The van der Waals surface area contributed by atoms with E-state index < -0.39 is 0 Å². The van der Waals surface area contributed by atoms with Gasteiger partial charge < -0.3 is 5.73 Å². The predicted molar refractivity (Wildman–Crippen MR) is 85.8 cm³/mol. The first kappa shape index (κ1) is 14.2. The van der Waals surface area contributed by atoms with Crippen LogP contribution in [0.2, 0.25) is 5.02 Å². The molecule has 106 valence electrons. The average Bonchev–Trinajstić information content (AvgIpc) is 2.92. The van der Waals surface area contributed by atoms with E-state index in [1.165, 1.54) is 17.4 Å². The molecule has 21 heavy (non-hydrogen) atoms. The van der Waals surface area contributed by atoms with E-state index in [1.807, 2.05) is 30.3 Å². The van der Waals surface area contributed by atoms with Crippen molar-refractivity contribution in [2.24, 2.45) is 5.73 Å². The second kappa shape index (κ2) is 5.93. The molecule has 0 fully saturated rings. The van der Waals surface area contributed by atoms with Gasteiger partial charge in [-0.15, -0.1) is 11.3 Å². The summed E-state index contributed by atoms with van der Waals surface area (Å²) in [6.45, 7) is 0.372. The quantitative estimate of drug-likeness (QED) is 0.758. The molecule has 0 saturated carbocycles. The molecule has 2 nitrogen and oxygen atoms in total. The largest absolute Gasteiger partial charge is 0.326 e. The number of thiazole rings is 1. The van der Waals surface area contributed by atoms with E-state index >= 15 is 0 Å². The molecule has 5 heteroatoms. The van der Waals surface area contributed by atoms with Crippen molar-refractivity contribution in [1.82, 2.24) is 4.98 Å². The second-order valence-electron chi connectivity index (χ2n) is 4.49. The summed E-state index contributed by atoms with van der Waals surface area (Å²) in [5, 5.41) is 0.985. The Morgan fingerprint density at radius 1 is 1.14 bits per heavy atom. The zero-order chi connectivity index (χ0) is 14.8. The molecular weight excluding hydrogens is 307 g/mol. The molecule has 1 aromatic heterocycles. The Labute approximate surface area is 131 Å². The Morgan fingerprint density at radius 3 is 2.57 bits per heavy atom. The lowest BCUT2D eigenvalue weighted by molar-refractivity contribution is 0.631. The fourth-order valence-electron chi connectivity index (χ4n) is 2.09. The van der Waals surface area contributed by atoms with E-state index in [1.54, 1.807) is 12.1 Å². The molecule has 0 unspecified atom stereocenters. The molecule has 3 rings (SSSR count). The van der Waals surface area contributed by atoms with Crippen molar-refractivity contribution < 1.29 is 4.39 Å². The molecule has 0 saturated heterocycles. The van der Waals surface area contributed by atoms with Crippen LogP contribution in [-0.4, -0.2) is 4.98 Å². The van der Waals surface area contributed by atoms with E-state index in [-0.39, 0.29) is 5.82 Å². The number of halogens is 2. The highest BCUT2D eigenvalue weighted by Gasteiger charge is 2.15. The molecule has 3 aromatic rings. The van der Waals surface area contributed by atoms with Gasteiger partial charge in [-0.3, -0.25) is 0 Å². The highest BCUT2D eigenvalue weighted by atomic mass is 35.5. The highest BCUT2D eigenvalue weighted by Crippen LogP contribution is 2.35. The number of hydrogen-bond acceptors (Lipinski definition) is 3. The SMILES string of the molecule is NCc1sc(-c2ccc(Cl)cc2F)nc1-c1ccccc1. The number of nitrogens with zero attached hydrogens (tertiary/aromatic N) is 1. The normalized spacial score (nSPS) is 10.8. The van der Waals surface area contributed by atoms with Gasteiger partial charge in [-0.2, -0.15) is 0 Å². The topological polar surface area (TPSA) is 38.9 Å². The summed E-state index contributed by atoms with van der Waals surface area (Å²) in [4.78, 5) is 5.50. The zero-order valence-electron chi connectivity index (χ0n) is 11.0. The van der Waals surface area contributed by atoms with Crippen LogP contribution < -0.4 is 5.73 Å². The standard InChI is InChI=1S/C16H12ClFN2S/c17-11-6-7-12(13(18)8-11)16-20-15(14(9-19)21-16)10-4-2-1-3-5-10/h1-8H,9,19H2. The summed E-state index contributed by atoms with van der Waals surface area (Å²) >= 11 is 7.20. The third-order valence-electron chi connectivity index (χ3n) is 3.09. The summed E-state index contributed by atoms with van der Waals surface area (Å²) in [7, 11) is 0. The Balaban J connectivity index is 2.12. The minimum atomic E-state index is -0.376. The first-order chi connectivity index (χ1) is 10.2. The molecule has 0 spiro atoms. The van der Waals surface area contributed by atoms with Crippen LogP contribution >= 0.6 is 22.9 Å².